The Morgan fingerprint density at radius 3 is 2.65 bits per heavy atom. The minimum absolute atomic E-state index is 0.106. The van der Waals surface area contributed by atoms with Gasteiger partial charge in [-0.2, -0.15) is 10.2 Å². The molecule has 1 amide bonds. The largest absolute Gasteiger partial charge is 0.507 e. The molecular weight excluding hydrogens is 352 g/mol. The number of halogens is 1. The Balaban J connectivity index is 1.73. The van der Waals surface area contributed by atoms with Gasteiger partial charge < -0.3 is 5.11 Å². The molecule has 0 atom stereocenters. The lowest BCUT2D eigenvalue weighted by molar-refractivity contribution is 0.0952. The number of para-hydroxylation sites is 1. The van der Waals surface area contributed by atoms with Crippen LogP contribution in [0.4, 0.5) is 0 Å². The van der Waals surface area contributed by atoms with Crippen molar-refractivity contribution in [3.8, 4) is 5.75 Å². The average molecular weight is 369 g/mol. The number of aryl methyl sites for hydroxylation is 1. The van der Waals surface area contributed by atoms with Crippen molar-refractivity contribution in [2.45, 2.75) is 13.5 Å². The predicted molar refractivity (Wildman–Crippen MR) is 101 cm³/mol. The van der Waals surface area contributed by atoms with E-state index in [9.17, 15) is 9.90 Å². The summed E-state index contributed by atoms with van der Waals surface area (Å²) in [5.74, 6) is -0.616. The van der Waals surface area contributed by atoms with Crippen LogP contribution < -0.4 is 5.43 Å². The minimum Gasteiger partial charge on any atom is -0.507 e. The summed E-state index contributed by atoms with van der Waals surface area (Å²) >= 11 is 6.39. The Labute approximate surface area is 155 Å². The third kappa shape index (κ3) is 3.92. The molecule has 0 aliphatic carbocycles. The highest BCUT2D eigenvalue weighted by atomic mass is 35.5. The van der Waals surface area contributed by atoms with Crippen LogP contribution in [0.5, 0.6) is 5.75 Å². The van der Waals surface area contributed by atoms with Crippen LogP contribution in [0.1, 0.15) is 27.2 Å². The fraction of sp³-hybridized carbons (Fsp3) is 0.105. The number of hydrazone groups is 1. The molecule has 2 aromatic carbocycles. The summed E-state index contributed by atoms with van der Waals surface area (Å²) in [6.07, 6.45) is 1.45. The molecule has 1 heterocycles. The molecule has 7 heteroatoms. The Bertz CT molecular complexity index is 951. The van der Waals surface area contributed by atoms with E-state index < -0.39 is 5.91 Å². The highest BCUT2D eigenvalue weighted by Crippen LogP contribution is 2.19. The average Bonchev–Trinajstić information content (AvgIpc) is 2.90. The standard InChI is InChI=1S/C19H17ClN4O2/c1-13-16(11-21-22-19(26)15-9-5-6-10-17(15)25)18(20)24(23-13)12-14-7-3-2-4-8-14/h2-11,25H,12H2,1H3,(H,22,26). The molecule has 0 aliphatic rings. The van der Waals surface area contributed by atoms with E-state index >= 15 is 0 Å². The summed E-state index contributed by atoms with van der Waals surface area (Å²) in [5, 5.41) is 18.5. The first kappa shape index (κ1) is 17.7. The molecule has 0 bridgehead atoms. The van der Waals surface area contributed by atoms with Crippen molar-refractivity contribution in [1.29, 1.82) is 0 Å². The number of nitrogens with zero attached hydrogens (tertiary/aromatic N) is 3. The van der Waals surface area contributed by atoms with Gasteiger partial charge in [-0.1, -0.05) is 54.1 Å². The normalized spacial score (nSPS) is 11.0. The number of rotatable bonds is 5. The van der Waals surface area contributed by atoms with Crippen LogP contribution in [0.3, 0.4) is 0 Å². The second-order valence-electron chi connectivity index (χ2n) is 5.65. The minimum atomic E-state index is -0.509. The summed E-state index contributed by atoms with van der Waals surface area (Å²) in [6, 6.07) is 16.1. The number of hydrogen-bond donors (Lipinski definition) is 2. The van der Waals surface area contributed by atoms with E-state index in [0.29, 0.717) is 23.0 Å². The van der Waals surface area contributed by atoms with Crippen molar-refractivity contribution in [2.75, 3.05) is 0 Å². The zero-order valence-corrected chi connectivity index (χ0v) is 14.8. The van der Waals surface area contributed by atoms with Crippen LogP contribution in [-0.2, 0) is 6.54 Å². The SMILES string of the molecule is Cc1nn(Cc2ccccc2)c(Cl)c1C=NNC(=O)c1ccccc1O. The summed E-state index contributed by atoms with van der Waals surface area (Å²) < 4.78 is 1.68. The van der Waals surface area contributed by atoms with E-state index in [2.05, 4.69) is 15.6 Å². The van der Waals surface area contributed by atoms with Gasteiger partial charge in [0, 0.05) is 0 Å². The molecule has 0 aliphatic heterocycles. The lowest BCUT2D eigenvalue weighted by Crippen LogP contribution is -2.17. The molecule has 0 spiro atoms. The third-order valence-corrected chi connectivity index (χ3v) is 4.19. The molecule has 0 saturated heterocycles. The van der Waals surface area contributed by atoms with Crippen LogP contribution in [0.2, 0.25) is 5.15 Å². The molecule has 2 N–H and O–H groups in total. The highest BCUT2D eigenvalue weighted by molar-refractivity contribution is 6.32. The van der Waals surface area contributed by atoms with Crippen molar-refractivity contribution in [1.82, 2.24) is 15.2 Å². The second-order valence-corrected chi connectivity index (χ2v) is 6.01. The fourth-order valence-electron chi connectivity index (χ4n) is 2.46. The zero-order chi connectivity index (χ0) is 18.5. The number of hydrogen-bond acceptors (Lipinski definition) is 4. The monoisotopic (exact) mass is 368 g/mol. The van der Waals surface area contributed by atoms with Crippen LogP contribution in [0.25, 0.3) is 0 Å². The second kappa shape index (κ2) is 7.84. The van der Waals surface area contributed by atoms with E-state index in [1.165, 1.54) is 18.3 Å². The number of phenolic OH excluding ortho intramolecular Hbond substituents is 1. The van der Waals surface area contributed by atoms with Crippen molar-refractivity contribution < 1.29 is 9.90 Å². The Morgan fingerprint density at radius 2 is 1.92 bits per heavy atom. The quantitative estimate of drug-likeness (QED) is 0.535. The number of carbonyl (C=O) groups is 1. The van der Waals surface area contributed by atoms with E-state index in [-0.39, 0.29) is 11.3 Å². The smallest absolute Gasteiger partial charge is 0.275 e. The van der Waals surface area contributed by atoms with Crippen LogP contribution in [-0.4, -0.2) is 27.0 Å². The van der Waals surface area contributed by atoms with Gasteiger partial charge in [-0.3, -0.25) is 4.79 Å². The van der Waals surface area contributed by atoms with Gasteiger partial charge in [0.05, 0.1) is 29.6 Å². The molecule has 26 heavy (non-hydrogen) atoms. The van der Waals surface area contributed by atoms with E-state index in [0.717, 1.165) is 5.56 Å². The number of phenols is 1. The van der Waals surface area contributed by atoms with Crippen LogP contribution >= 0.6 is 11.6 Å². The highest BCUT2D eigenvalue weighted by Gasteiger charge is 2.13. The van der Waals surface area contributed by atoms with Gasteiger partial charge in [0.1, 0.15) is 10.9 Å². The van der Waals surface area contributed by atoms with Gasteiger partial charge in [-0.05, 0) is 24.6 Å². The van der Waals surface area contributed by atoms with Gasteiger partial charge in [-0.15, -0.1) is 0 Å². The molecule has 0 radical (unpaired) electrons. The Hall–Kier alpha value is -3.12. The lowest BCUT2D eigenvalue weighted by Gasteiger charge is -2.03. The molecule has 132 valence electrons. The van der Waals surface area contributed by atoms with Gasteiger partial charge in [0.15, 0.2) is 0 Å². The molecule has 3 rings (SSSR count). The predicted octanol–water partition coefficient (Wildman–Crippen LogP) is 3.36. The third-order valence-electron chi connectivity index (χ3n) is 3.79. The molecule has 0 saturated carbocycles. The van der Waals surface area contributed by atoms with Crippen molar-refractivity contribution in [3.63, 3.8) is 0 Å². The first-order valence-electron chi connectivity index (χ1n) is 7.94. The molecule has 0 unspecified atom stereocenters. The maximum Gasteiger partial charge on any atom is 0.275 e. The fourth-order valence-corrected chi connectivity index (χ4v) is 2.74. The van der Waals surface area contributed by atoms with E-state index in [1.54, 1.807) is 16.8 Å². The summed E-state index contributed by atoms with van der Waals surface area (Å²) in [4.78, 5) is 12.0. The number of nitrogens with one attached hydrogen (secondary N) is 1. The number of aromatic nitrogens is 2. The van der Waals surface area contributed by atoms with E-state index in [1.807, 2.05) is 37.3 Å². The molecule has 0 fully saturated rings. The maximum atomic E-state index is 12.0. The summed E-state index contributed by atoms with van der Waals surface area (Å²) in [6.45, 7) is 2.36. The molecule has 6 nitrogen and oxygen atoms in total. The maximum absolute atomic E-state index is 12.0. The molecule has 1 aromatic heterocycles. The van der Waals surface area contributed by atoms with Crippen molar-refractivity contribution >= 4 is 23.7 Å². The number of carbonyl (C=O) groups excluding carboxylic acids is 1. The zero-order valence-electron chi connectivity index (χ0n) is 14.1. The van der Waals surface area contributed by atoms with Gasteiger partial charge in [0.2, 0.25) is 0 Å². The number of amides is 1. The Morgan fingerprint density at radius 1 is 1.23 bits per heavy atom. The van der Waals surface area contributed by atoms with E-state index in [4.69, 9.17) is 11.6 Å². The van der Waals surface area contributed by atoms with Gasteiger partial charge in [-0.25, -0.2) is 10.1 Å². The van der Waals surface area contributed by atoms with Crippen molar-refractivity contribution in [2.24, 2.45) is 5.10 Å². The molecule has 3 aromatic rings. The van der Waals surface area contributed by atoms with Gasteiger partial charge in [0.25, 0.3) is 5.91 Å². The van der Waals surface area contributed by atoms with Crippen LogP contribution in [0.15, 0.2) is 59.7 Å². The topological polar surface area (TPSA) is 79.5 Å². The van der Waals surface area contributed by atoms with Gasteiger partial charge >= 0.3 is 0 Å². The lowest BCUT2D eigenvalue weighted by atomic mass is 10.2. The summed E-state index contributed by atoms with van der Waals surface area (Å²) in [7, 11) is 0. The first-order valence-corrected chi connectivity index (χ1v) is 8.32. The molecular formula is C19H17ClN4O2. The first-order chi connectivity index (χ1) is 12.6. The van der Waals surface area contributed by atoms with Crippen molar-refractivity contribution in [3.05, 3.63) is 82.1 Å². The number of aromatic hydroxyl groups is 1. The van der Waals surface area contributed by atoms with Crippen LogP contribution in [0, 0.1) is 6.92 Å². The summed E-state index contributed by atoms with van der Waals surface area (Å²) in [5.41, 5.74) is 4.92. The number of benzene rings is 2. The Kier molecular flexibility index (Phi) is 5.34.